The maximum Gasteiger partial charge on any atom is 0.0206 e. The van der Waals surface area contributed by atoms with Crippen molar-refractivity contribution in [2.24, 2.45) is 5.73 Å². The van der Waals surface area contributed by atoms with E-state index in [4.69, 9.17) is 5.73 Å². The van der Waals surface area contributed by atoms with Crippen molar-refractivity contribution < 1.29 is 0 Å². The second-order valence-corrected chi connectivity index (χ2v) is 4.13. The van der Waals surface area contributed by atoms with Gasteiger partial charge in [0, 0.05) is 18.6 Å². The molecule has 1 unspecified atom stereocenters. The van der Waals surface area contributed by atoms with Crippen molar-refractivity contribution in [3.05, 3.63) is 35.9 Å². The van der Waals surface area contributed by atoms with Crippen LogP contribution in [0.5, 0.6) is 0 Å². The van der Waals surface area contributed by atoms with E-state index in [1.54, 1.807) is 0 Å². The van der Waals surface area contributed by atoms with E-state index >= 15 is 0 Å². The van der Waals surface area contributed by atoms with Gasteiger partial charge in [0.2, 0.25) is 0 Å². The van der Waals surface area contributed by atoms with Gasteiger partial charge in [-0.1, -0.05) is 30.3 Å². The number of nitrogens with one attached hydrogen (secondary N) is 1. The van der Waals surface area contributed by atoms with Crippen molar-refractivity contribution in [1.82, 2.24) is 5.32 Å². The third-order valence-corrected chi connectivity index (χ3v) is 2.59. The lowest BCUT2D eigenvalue weighted by atomic mass is 10.1. The third-order valence-electron chi connectivity index (χ3n) is 2.59. The molecule has 1 saturated carbocycles. The molecule has 3 N–H and O–H groups in total. The van der Waals surface area contributed by atoms with E-state index in [0.717, 1.165) is 19.0 Å². The quantitative estimate of drug-likeness (QED) is 0.734. The summed E-state index contributed by atoms with van der Waals surface area (Å²) >= 11 is 0. The molecule has 2 nitrogen and oxygen atoms in total. The van der Waals surface area contributed by atoms with Gasteiger partial charge in [-0.3, -0.25) is 0 Å². The second kappa shape index (κ2) is 4.58. The summed E-state index contributed by atoms with van der Waals surface area (Å²) in [5, 5.41) is 3.45. The molecule has 1 aromatic rings. The molecule has 0 amide bonds. The molecule has 0 aliphatic heterocycles. The number of benzene rings is 1. The molecule has 76 valence electrons. The molecule has 1 aliphatic rings. The Labute approximate surface area is 85.5 Å². The summed E-state index contributed by atoms with van der Waals surface area (Å²) < 4.78 is 0. The van der Waals surface area contributed by atoms with Crippen LogP contribution in [0, 0.1) is 0 Å². The minimum Gasteiger partial charge on any atom is -0.326 e. The Morgan fingerprint density at radius 3 is 2.64 bits per heavy atom. The van der Waals surface area contributed by atoms with Crippen molar-refractivity contribution in [1.29, 1.82) is 0 Å². The molecule has 2 rings (SSSR count). The predicted molar refractivity (Wildman–Crippen MR) is 59.1 cm³/mol. The average Bonchev–Trinajstić information content (AvgIpc) is 3.00. The summed E-state index contributed by atoms with van der Waals surface area (Å²) in [7, 11) is 0. The summed E-state index contributed by atoms with van der Waals surface area (Å²) in [5.74, 6) is 0. The Balaban J connectivity index is 1.73. The van der Waals surface area contributed by atoms with Crippen LogP contribution in [0.4, 0.5) is 0 Å². The number of hydrogen-bond acceptors (Lipinski definition) is 2. The number of hydrogen-bond donors (Lipinski definition) is 2. The number of rotatable bonds is 5. The first-order valence-electron chi connectivity index (χ1n) is 5.37. The Morgan fingerprint density at radius 2 is 2.00 bits per heavy atom. The molecule has 0 radical (unpaired) electrons. The molecule has 0 spiro atoms. The normalized spacial score (nSPS) is 18.1. The van der Waals surface area contributed by atoms with Crippen LogP contribution in [0.25, 0.3) is 0 Å². The highest BCUT2D eigenvalue weighted by atomic mass is 15.0. The molecule has 1 aromatic carbocycles. The van der Waals surface area contributed by atoms with Crippen molar-refractivity contribution >= 4 is 0 Å². The molecule has 1 fully saturated rings. The van der Waals surface area contributed by atoms with Crippen molar-refractivity contribution in [2.45, 2.75) is 31.3 Å². The monoisotopic (exact) mass is 190 g/mol. The van der Waals surface area contributed by atoms with Crippen molar-refractivity contribution in [2.75, 3.05) is 6.54 Å². The zero-order valence-corrected chi connectivity index (χ0v) is 8.45. The van der Waals surface area contributed by atoms with Gasteiger partial charge in [0.05, 0.1) is 0 Å². The van der Waals surface area contributed by atoms with Gasteiger partial charge < -0.3 is 11.1 Å². The van der Waals surface area contributed by atoms with E-state index < -0.39 is 0 Å². The highest BCUT2D eigenvalue weighted by Crippen LogP contribution is 2.18. The maximum atomic E-state index is 6.02. The van der Waals surface area contributed by atoms with Crippen LogP contribution in [0.2, 0.25) is 0 Å². The summed E-state index contributed by atoms with van der Waals surface area (Å²) in [6, 6.07) is 11.5. The van der Waals surface area contributed by atoms with Gasteiger partial charge in [-0.15, -0.1) is 0 Å². The van der Waals surface area contributed by atoms with Crippen LogP contribution in [0.15, 0.2) is 30.3 Å². The van der Waals surface area contributed by atoms with Gasteiger partial charge in [-0.2, -0.15) is 0 Å². The minimum absolute atomic E-state index is 0.248. The molecule has 1 aliphatic carbocycles. The van der Waals surface area contributed by atoms with Crippen LogP contribution >= 0.6 is 0 Å². The van der Waals surface area contributed by atoms with Gasteiger partial charge in [0.25, 0.3) is 0 Å². The largest absolute Gasteiger partial charge is 0.326 e. The number of nitrogens with two attached hydrogens (primary N) is 1. The van der Waals surface area contributed by atoms with Crippen LogP contribution in [0.1, 0.15) is 18.4 Å². The first-order chi connectivity index (χ1) is 6.84. The lowest BCUT2D eigenvalue weighted by Gasteiger charge is -2.12. The van der Waals surface area contributed by atoms with E-state index in [1.807, 2.05) is 6.07 Å². The van der Waals surface area contributed by atoms with E-state index in [2.05, 4.69) is 29.6 Å². The third kappa shape index (κ3) is 3.13. The molecule has 14 heavy (non-hydrogen) atoms. The van der Waals surface area contributed by atoms with E-state index in [1.165, 1.54) is 18.4 Å². The van der Waals surface area contributed by atoms with Gasteiger partial charge in [-0.05, 0) is 24.8 Å². The minimum atomic E-state index is 0.248. The highest BCUT2D eigenvalue weighted by molar-refractivity contribution is 5.15. The fourth-order valence-electron chi connectivity index (χ4n) is 1.59. The van der Waals surface area contributed by atoms with Gasteiger partial charge in [0.15, 0.2) is 0 Å². The molecular formula is C12H18N2. The summed E-state index contributed by atoms with van der Waals surface area (Å²) in [6.07, 6.45) is 3.64. The SMILES string of the molecule is NC(CNC1CC1)Cc1ccccc1. The lowest BCUT2D eigenvalue weighted by molar-refractivity contribution is 0.571. The van der Waals surface area contributed by atoms with E-state index in [0.29, 0.717) is 0 Å². The van der Waals surface area contributed by atoms with Gasteiger partial charge in [-0.25, -0.2) is 0 Å². The zero-order chi connectivity index (χ0) is 9.80. The lowest BCUT2D eigenvalue weighted by Crippen LogP contribution is -2.36. The molecule has 1 atom stereocenters. The Hall–Kier alpha value is -0.860. The first-order valence-corrected chi connectivity index (χ1v) is 5.37. The second-order valence-electron chi connectivity index (χ2n) is 4.13. The molecule has 0 heterocycles. The smallest absolute Gasteiger partial charge is 0.0206 e. The first kappa shape index (κ1) is 9.69. The molecule has 0 aromatic heterocycles. The van der Waals surface area contributed by atoms with E-state index in [9.17, 15) is 0 Å². The predicted octanol–water partition coefficient (Wildman–Crippen LogP) is 1.31. The molecule has 0 saturated heterocycles. The highest BCUT2D eigenvalue weighted by Gasteiger charge is 2.20. The van der Waals surface area contributed by atoms with Crippen LogP contribution < -0.4 is 11.1 Å². The Kier molecular flexibility index (Phi) is 3.17. The Bertz CT molecular complexity index is 267. The summed E-state index contributed by atoms with van der Waals surface area (Å²) in [5.41, 5.74) is 7.35. The van der Waals surface area contributed by atoms with Crippen molar-refractivity contribution in [3.63, 3.8) is 0 Å². The van der Waals surface area contributed by atoms with Gasteiger partial charge in [0.1, 0.15) is 0 Å². The van der Waals surface area contributed by atoms with Crippen LogP contribution in [-0.4, -0.2) is 18.6 Å². The van der Waals surface area contributed by atoms with E-state index in [-0.39, 0.29) is 6.04 Å². The summed E-state index contributed by atoms with van der Waals surface area (Å²) in [4.78, 5) is 0. The van der Waals surface area contributed by atoms with Crippen molar-refractivity contribution in [3.8, 4) is 0 Å². The van der Waals surface area contributed by atoms with Gasteiger partial charge >= 0.3 is 0 Å². The maximum absolute atomic E-state index is 6.02. The molecule has 0 bridgehead atoms. The van der Waals surface area contributed by atoms with Crippen LogP contribution in [-0.2, 0) is 6.42 Å². The topological polar surface area (TPSA) is 38.0 Å². The average molecular weight is 190 g/mol. The fraction of sp³-hybridized carbons (Fsp3) is 0.500. The molecular weight excluding hydrogens is 172 g/mol. The zero-order valence-electron chi connectivity index (χ0n) is 8.45. The molecule has 2 heteroatoms. The Morgan fingerprint density at radius 1 is 1.29 bits per heavy atom. The summed E-state index contributed by atoms with van der Waals surface area (Å²) in [6.45, 7) is 0.944. The standard InChI is InChI=1S/C12H18N2/c13-11(9-14-12-6-7-12)8-10-4-2-1-3-5-10/h1-5,11-12,14H,6-9,13H2. The van der Waals surface area contributed by atoms with Crippen LogP contribution in [0.3, 0.4) is 0 Å². The fourth-order valence-corrected chi connectivity index (χ4v) is 1.59.